The van der Waals surface area contributed by atoms with Crippen LogP contribution in [0.2, 0.25) is 0 Å². The van der Waals surface area contributed by atoms with Gasteiger partial charge < -0.3 is 10.7 Å². The summed E-state index contributed by atoms with van der Waals surface area (Å²) in [5.74, 6) is 0. The Morgan fingerprint density at radius 1 is 1.55 bits per heavy atom. The molecule has 1 aliphatic rings. The third kappa shape index (κ3) is 3.02. The van der Waals surface area contributed by atoms with Crippen molar-refractivity contribution in [3.63, 3.8) is 0 Å². The van der Waals surface area contributed by atoms with Crippen LogP contribution in [0.4, 0.5) is 5.69 Å². The van der Waals surface area contributed by atoms with Gasteiger partial charge in [-0.05, 0) is 22.0 Å². The van der Waals surface area contributed by atoms with Crippen LogP contribution in [-0.4, -0.2) is 18.2 Å². The maximum atomic E-state index is 8.81. The number of nitriles is 1. The lowest BCUT2D eigenvalue weighted by Crippen LogP contribution is -2.77. The average Bonchev–Trinajstić information content (AvgIpc) is 2.93. The predicted molar refractivity (Wildman–Crippen MR) is 81.9 cm³/mol. The van der Waals surface area contributed by atoms with E-state index in [1.54, 1.807) is 12.3 Å². The third-order valence-electron chi connectivity index (χ3n) is 2.80. The van der Waals surface area contributed by atoms with Crippen molar-refractivity contribution in [3.05, 3.63) is 51.9 Å². The van der Waals surface area contributed by atoms with Gasteiger partial charge in [-0.2, -0.15) is 5.26 Å². The number of aromatic nitrogens is 1. The maximum absolute atomic E-state index is 8.81. The second-order valence-corrected chi connectivity index (χ2v) is 4.94. The molecule has 0 aliphatic carbocycles. The second-order valence-electron chi connectivity index (χ2n) is 4.09. The van der Waals surface area contributed by atoms with Crippen LogP contribution >= 0.6 is 15.9 Å². The van der Waals surface area contributed by atoms with Gasteiger partial charge >= 0.3 is 0 Å². The van der Waals surface area contributed by atoms with Crippen molar-refractivity contribution in [1.82, 2.24) is 4.98 Å². The lowest BCUT2D eigenvalue weighted by atomic mass is 10.2. The largest absolute Gasteiger partial charge is 0.387 e. The van der Waals surface area contributed by atoms with E-state index < -0.39 is 0 Å². The maximum Gasteiger partial charge on any atom is 0.160 e. The lowest BCUT2D eigenvalue weighted by Gasteiger charge is -2.06. The Labute approximate surface area is 125 Å². The van der Waals surface area contributed by atoms with E-state index in [1.165, 1.54) is 0 Å². The SMILES string of the molecule is CNc1cc(C2=CC=C(/C=C(/C#N)C=N)[NH2+]2)ncc1Br. The number of nitrogens with two attached hydrogens (primary N) is 1. The molecule has 2 rings (SSSR count). The number of rotatable bonds is 4. The van der Waals surface area contributed by atoms with Gasteiger partial charge in [0.15, 0.2) is 5.70 Å². The topological polar surface area (TPSA) is 89.2 Å². The van der Waals surface area contributed by atoms with Gasteiger partial charge in [0.2, 0.25) is 0 Å². The van der Waals surface area contributed by atoms with Gasteiger partial charge in [-0.25, -0.2) is 4.98 Å². The van der Waals surface area contributed by atoms with Crippen molar-refractivity contribution in [2.45, 2.75) is 0 Å². The highest BCUT2D eigenvalue weighted by Gasteiger charge is 2.16. The fraction of sp³-hybridized carbons (Fsp3) is 0.0714. The Morgan fingerprint density at radius 3 is 3.00 bits per heavy atom. The van der Waals surface area contributed by atoms with E-state index in [4.69, 9.17) is 10.7 Å². The molecular weight excluding hydrogens is 318 g/mol. The van der Waals surface area contributed by atoms with E-state index in [2.05, 4.69) is 26.2 Å². The summed E-state index contributed by atoms with van der Waals surface area (Å²) in [6.45, 7) is 0. The van der Waals surface area contributed by atoms with Gasteiger partial charge in [0.25, 0.3) is 0 Å². The molecule has 1 aromatic rings. The summed E-state index contributed by atoms with van der Waals surface area (Å²) in [6, 6.07) is 3.91. The number of halogens is 1. The Morgan fingerprint density at radius 2 is 2.35 bits per heavy atom. The summed E-state index contributed by atoms with van der Waals surface area (Å²) >= 11 is 3.42. The molecule has 0 radical (unpaired) electrons. The predicted octanol–water partition coefficient (Wildman–Crippen LogP) is 1.79. The molecule has 2 heterocycles. The highest BCUT2D eigenvalue weighted by molar-refractivity contribution is 9.10. The zero-order valence-electron chi connectivity index (χ0n) is 10.8. The smallest absolute Gasteiger partial charge is 0.160 e. The van der Waals surface area contributed by atoms with Crippen LogP contribution in [0.25, 0.3) is 5.70 Å². The first-order chi connectivity index (χ1) is 9.67. The normalized spacial score (nSPS) is 14.3. The molecule has 0 aromatic carbocycles. The molecule has 0 unspecified atom stereocenters. The first-order valence-corrected chi connectivity index (χ1v) is 6.70. The summed E-state index contributed by atoms with van der Waals surface area (Å²) in [5, 5.41) is 21.0. The van der Waals surface area contributed by atoms with E-state index in [0.717, 1.165) is 33.5 Å². The fourth-order valence-corrected chi connectivity index (χ4v) is 2.20. The molecule has 0 spiro atoms. The molecule has 6 heteroatoms. The van der Waals surface area contributed by atoms with E-state index in [9.17, 15) is 0 Å². The zero-order chi connectivity index (χ0) is 14.5. The van der Waals surface area contributed by atoms with Crippen LogP contribution in [0, 0.1) is 16.7 Å². The molecule has 0 amide bonds. The first kappa shape index (κ1) is 14.2. The minimum Gasteiger partial charge on any atom is -0.387 e. The number of hydrogen-bond donors (Lipinski definition) is 3. The van der Waals surface area contributed by atoms with Crippen molar-refractivity contribution in [1.29, 1.82) is 10.7 Å². The van der Waals surface area contributed by atoms with E-state index >= 15 is 0 Å². The molecule has 0 saturated carbocycles. The third-order valence-corrected chi connectivity index (χ3v) is 3.44. The van der Waals surface area contributed by atoms with Crippen LogP contribution in [0.3, 0.4) is 0 Å². The van der Waals surface area contributed by atoms with E-state index in [0.29, 0.717) is 5.57 Å². The van der Waals surface area contributed by atoms with Crippen molar-refractivity contribution < 1.29 is 5.32 Å². The van der Waals surface area contributed by atoms with E-state index in [-0.39, 0.29) is 0 Å². The van der Waals surface area contributed by atoms with Gasteiger partial charge in [0.1, 0.15) is 17.5 Å². The summed E-state index contributed by atoms with van der Waals surface area (Å²) in [4.78, 5) is 4.37. The summed E-state index contributed by atoms with van der Waals surface area (Å²) < 4.78 is 0.908. The summed E-state index contributed by atoms with van der Waals surface area (Å²) in [6.07, 6.45) is 8.32. The van der Waals surface area contributed by atoms with E-state index in [1.807, 2.05) is 36.7 Å². The van der Waals surface area contributed by atoms with Crippen molar-refractivity contribution in [2.75, 3.05) is 12.4 Å². The molecule has 0 fully saturated rings. The van der Waals surface area contributed by atoms with Crippen LogP contribution in [0.15, 0.2) is 46.2 Å². The minimum absolute atomic E-state index is 0.321. The number of nitrogens with one attached hydrogen (secondary N) is 2. The van der Waals surface area contributed by atoms with Gasteiger partial charge in [-0.1, -0.05) is 0 Å². The Hall–Kier alpha value is -2.23. The quantitative estimate of drug-likeness (QED) is 0.580. The fourth-order valence-electron chi connectivity index (χ4n) is 1.78. The molecule has 100 valence electrons. The Balaban J connectivity index is 2.18. The molecular formula is C14H13BrN5+. The highest BCUT2D eigenvalue weighted by Crippen LogP contribution is 2.23. The second kappa shape index (κ2) is 6.28. The first-order valence-electron chi connectivity index (χ1n) is 5.90. The van der Waals surface area contributed by atoms with Crippen molar-refractivity contribution in [2.24, 2.45) is 0 Å². The number of quaternary nitrogens is 1. The molecule has 20 heavy (non-hydrogen) atoms. The Kier molecular flexibility index (Phi) is 4.45. The molecule has 4 N–H and O–H groups in total. The molecule has 0 saturated heterocycles. The Bertz CT molecular complexity index is 679. The van der Waals surface area contributed by atoms with Gasteiger partial charge in [0.05, 0.1) is 15.7 Å². The summed E-state index contributed by atoms with van der Waals surface area (Å²) in [5.41, 5.74) is 4.00. The lowest BCUT2D eigenvalue weighted by molar-refractivity contribution is -0.499. The number of hydrogen-bond acceptors (Lipinski definition) is 4. The standard InChI is InChI=1S/C14H12BrN5/c1-18-13-5-14(19-8-11(13)15)12-3-2-10(20-12)4-9(6-16)7-17/h2-6,8,16,20H,1H3,(H,18,19)/p+1/b9-4+,16-6?. The molecule has 1 aliphatic heterocycles. The number of allylic oxidation sites excluding steroid dienone is 4. The molecule has 0 bridgehead atoms. The van der Waals surface area contributed by atoms with Crippen LogP contribution in [-0.2, 0) is 0 Å². The van der Waals surface area contributed by atoms with Gasteiger partial charge in [-0.3, -0.25) is 5.32 Å². The van der Waals surface area contributed by atoms with Crippen molar-refractivity contribution in [3.8, 4) is 6.07 Å². The zero-order valence-corrected chi connectivity index (χ0v) is 12.4. The summed E-state index contributed by atoms with van der Waals surface area (Å²) in [7, 11) is 1.85. The van der Waals surface area contributed by atoms with Crippen LogP contribution in [0.1, 0.15) is 5.69 Å². The van der Waals surface area contributed by atoms with Gasteiger partial charge in [0, 0.05) is 37.7 Å². The highest BCUT2D eigenvalue weighted by atomic mass is 79.9. The van der Waals surface area contributed by atoms with Crippen LogP contribution < -0.4 is 10.6 Å². The molecule has 1 aromatic heterocycles. The molecule has 0 atom stereocenters. The van der Waals surface area contributed by atoms with Gasteiger partial charge in [-0.15, -0.1) is 0 Å². The average molecular weight is 331 g/mol. The number of nitrogens with zero attached hydrogens (tertiary/aromatic N) is 2. The minimum atomic E-state index is 0.321. The number of anilines is 1. The van der Waals surface area contributed by atoms with Crippen molar-refractivity contribution >= 4 is 33.5 Å². The van der Waals surface area contributed by atoms with Crippen LogP contribution in [0.5, 0.6) is 0 Å². The monoisotopic (exact) mass is 330 g/mol. The number of pyridine rings is 1. The molecule has 5 nitrogen and oxygen atoms in total.